The van der Waals surface area contributed by atoms with E-state index >= 15 is 0 Å². The topological polar surface area (TPSA) is 3.01 Å². The predicted molar refractivity (Wildman–Crippen MR) is 77.5 cm³/mol. The Hall–Kier alpha value is -1.83. The van der Waals surface area contributed by atoms with Crippen molar-refractivity contribution in [1.29, 1.82) is 0 Å². The zero-order chi connectivity index (χ0) is 14.2. The Morgan fingerprint density at radius 2 is 1.95 bits per heavy atom. The first-order valence-corrected chi connectivity index (χ1v) is 6.42. The molecule has 1 aromatic rings. The van der Waals surface area contributed by atoms with Crippen LogP contribution in [-0.4, -0.2) is 11.3 Å². The predicted octanol–water partition coefficient (Wildman–Crippen LogP) is 4.23. The molecule has 0 atom stereocenters. The van der Waals surface area contributed by atoms with E-state index in [1.54, 1.807) is 6.07 Å². The van der Waals surface area contributed by atoms with Crippen LogP contribution in [0.4, 0.5) is 4.39 Å². The Bertz CT molecular complexity index is 573. The van der Waals surface area contributed by atoms with Gasteiger partial charge in [0.05, 0.1) is 6.72 Å². The number of nitrogens with zero attached hydrogens (tertiary/aromatic N) is 1. The molecule has 1 aliphatic rings. The molecular formula is C17H20FN. The first kappa shape index (κ1) is 13.6. The highest BCUT2D eigenvalue weighted by Gasteiger charge is 2.23. The number of allylic oxidation sites excluding steroid dienone is 2. The molecule has 0 aliphatic carbocycles. The third-order valence-corrected chi connectivity index (χ3v) is 3.37. The van der Waals surface area contributed by atoms with E-state index in [9.17, 15) is 4.39 Å². The molecular weight excluding hydrogens is 237 g/mol. The number of hydrogen-bond donors (Lipinski definition) is 0. The van der Waals surface area contributed by atoms with Crippen molar-refractivity contribution in [3.63, 3.8) is 0 Å². The standard InChI is InChI=1S/C17H20FN/c1-12-10-14(18)6-7-15(12)16-11-13(17(2,3)4)8-9-19(16)5/h6-11H,5H2,1-4H3. The molecule has 0 bridgehead atoms. The Balaban J connectivity index is 2.46. The van der Waals surface area contributed by atoms with Crippen LogP contribution in [0.25, 0.3) is 0 Å². The summed E-state index contributed by atoms with van der Waals surface area (Å²) >= 11 is 0. The fraction of sp³-hybridized carbons (Fsp3) is 0.294. The molecule has 1 heterocycles. The van der Waals surface area contributed by atoms with Gasteiger partial charge in [0.1, 0.15) is 18.1 Å². The number of rotatable bonds is 1. The number of hydrogen-bond acceptors (Lipinski definition) is 0. The molecule has 0 saturated carbocycles. The van der Waals surface area contributed by atoms with Gasteiger partial charge in [0.25, 0.3) is 0 Å². The summed E-state index contributed by atoms with van der Waals surface area (Å²) in [6.45, 7) is 12.5. The van der Waals surface area contributed by atoms with E-state index in [2.05, 4.69) is 39.6 Å². The Morgan fingerprint density at radius 1 is 1.26 bits per heavy atom. The van der Waals surface area contributed by atoms with Gasteiger partial charge < -0.3 is 0 Å². The third-order valence-electron chi connectivity index (χ3n) is 3.37. The van der Waals surface area contributed by atoms with Gasteiger partial charge in [-0.25, -0.2) is 4.39 Å². The Labute approximate surface area is 114 Å². The molecule has 0 saturated heterocycles. The quantitative estimate of drug-likeness (QED) is 0.523. The van der Waals surface area contributed by atoms with E-state index in [-0.39, 0.29) is 11.2 Å². The Kier molecular flexibility index (Phi) is 3.36. The van der Waals surface area contributed by atoms with Gasteiger partial charge in [0, 0.05) is 0 Å². The molecule has 19 heavy (non-hydrogen) atoms. The van der Waals surface area contributed by atoms with Crippen LogP contribution in [0.5, 0.6) is 0 Å². The number of aryl methyl sites for hydroxylation is 1. The monoisotopic (exact) mass is 257 g/mol. The summed E-state index contributed by atoms with van der Waals surface area (Å²) in [5.74, 6) is -0.205. The SMILES string of the molecule is C=[N+]1C=CC(C(C)(C)C)=C[C-]1c1ccc(F)cc1C. The summed E-state index contributed by atoms with van der Waals surface area (Å²) in [6.07, 6.45) is 6.17. The van der Waals surface area contributed by atoms with Crippen LogP contribution in [0, 0.1) is 24.2 Å². The first-order valence-electron chi connectivity index (χ1n) is 6.42. The minimum Gasteiger partial charge on any atom is -0.255 e. The van der Waals surface area contributed by atoms with Crippen LogP contribution >= 0.6 is 0 Å². The van der Waals surface area contributed by atoms with Crippen molar-refractivity contribution in [2.75, 3.05) is 0 Å². The summed E-state index contributed by atoms with van der Waals surface area (Å²) in [6, 6.07) is 5.86. The lowest BCUT2D eigenvalue weighted by Crippen LogP contribution is -2.20. The van der Waals surface area contributed by atoms with E-state index in [1.807, 2.05) is 23.8 Å². The molecule has 100 valence electrons. The van der Waals surface area contributed by atoms with Crippen LogP contribution in [0.15, 0.2) is 42.1 Å². The van der Waals surface area contributed by atoms with Crippen molar-refractivity contribution in [3.05, 3.63) is 65.1 Å². The maximum Gasteiger partial charge on any atom is 0.147 e. The lowest BCUT2D eigenvalue weighted by Gasteiger charge is -2.28. The summed E-state index contributed by atoms with van der Waals surface area (Å²) in [5.41, 5.74) is 3.26. The summed E-state index contributed by atoms with van der Waals surface area (Å²) in [4.78, 5) is 0. The van der Waals surface area contributed by atoms with Crippen molar-refractivity contribution < 1.29 is 8.97 Å². The van der Waals surface area contributed by atoms with Gasteiger partial charge in [-0.15, -0.1) is 0 Å². The molecule has 0 amide bonds. The van der Waals surface area contributed by atoms with Gasteiger partial charge >= 0.3 is 0 Å². The molecule has 1 nitrogen and oxygen atoms in total. The molecule has 1 aliphatic heterocycles. The molecule has 0 unspecified atom stereocenters. The zero-order valence-corrected chi connectivity index (χ0v) is 12.0. The van der Waals surface area contributed by atoms with Crippen molar-refractivity contribution >= 4 is 6.72 Å². The average Bonchev–Trinajstić information content (AvgIpc) is 2.29. The summed E-state index contributed by atoms with van der Waals surface area (Å²) < 4.78 is 15.0. The first-order chi connectivity index (χ1) is 8.79. The largest absolute Gasteiger partial charge is 0.255 e. The number of halogens is 1. The fourth-order valence-electron chi connectivity index (χ4n) is 2.14. The average molecular weight is 257 g/mol. The maximum atomic E-state index is 13.2. The highest BCUT2D eigenvalue weighted by molar-refractivity contribution is 5.46. The van der Waals surface area contributed by atoms with Gasteiger partial charge in [-0.1, -0.05) is 63.1 Å². The lowest BCUT2D eigenvalue weighted by molar-refractivity contribution is -0.418. The van der Waals surface area contributed by atoms with Gasteiger partial charge in [0.2, 0.25) is 0 Å². The molecule has 2 heteroatoms. The van der Waals surface area contributed by atoms with E-state index in [0.717, 1.165) is 17.2 Å². The maximum absolute atomic E-state index is 13.2. The highest BCUT2D eigenvalue weighted by atomic mass is 19.1. The smallest absolute Gasteiger partial charge is 0.147 e. The molecule has 2 rings (SSSR count). The molecule has 1 aromatic carbocycles. The summed E-state index contributed by atoms with van der Waals surface area (Å²) in [5, 5.41) is 0. The van der Waals surface area contributed by atoms with Crippen molar-refractivity contribution in [3.8, 4) is 0 Å². The lowest BCUT2D eigenvalue weighted by atomic mass is 9.83. The molecule has 0 radical (unpaired) electrons. The van der Waals surface area contributed by atoms with E-state index < -0.39 is 0 Å². The van der Waals surface area contributed by atoms with Crippen LogP contribution in [0.1, 0.15) is 31.9 Å². The van der Waals surface area contributed by atoms with E-state index in [4.69, 9.17) is 0 Å². The molecule has 0 fully saturated rings. The minimum atomic E-state index is -0.205. The number of benzene rings is 1. The second-order valence-electron chi connectivity index (χ2n) is 5.98. The van der Waals surface area contributed by atoms with E-state index in [1.165, 1.54) is 11.6 Å². The van der Waals surface area contributed by atoms with Gasteiger partial charge in [-0.2, -0.15) is 0 Å². The minimum absolute atomic E-state index is 0.0803. The fourth-order valence-corrected chi connectivity index (χ4v) is 2.14. The third kappa shape index (κ3) is 2.78. The van der Waals surface area contributed by atoms with Gasteiger partial charge in [0.15, 0.2) is 0 Å². The van der Waals surface area contributed by atoms with Crippen molar-refractivity contribution in [2.45, 2.75) is 27.7 Å². The molecule has 0 spiro atoms. The van der Waals surface area contributed by atoms with Gasteiger partial charge in [-0.3, -0.25) is 4.58 Å². The van der Waals surface area contributed by atoms with Crippen LogP contribution in [-0.2, 0) is 0 Å². The van der Waals surface area contributed by atoms with Crippen LogP contribution < -0.4 is 0 Å². The van der Waals surface area contributed by atoms with Crippen LogP contribution in [0.2, 0.25) is 0 Å². The summed E-state index contributed by atoms with van der Waals surface area (Å²) in [7, 11) is 0. The molecule has 0 N–H and O–H groups in total. The highest BCUT2D eigenvalue weighted by Crippen LogP contribution is 2.33. The van der Waals surface area contributed by atoms with Crippen molar-refractivity contribution in [2.24, 2.45) is 5.41 Å². The second-order valence-corrected chi connectivity index (χ2v) is 5.98. The zero-order valence-electron chi connectivity index (χ0n) is 12.0. The van der Waals surface area contributed by atoms with Gasteiger partial charge in [-0.05, 0) is 17.1 Å². The Morgan fingerprint density at radius 3 is 2.53 bits per heavy atom. The van der Waals surface area contributed by atoms with Crippen LogP contribution in [0.3, 0.4) is 0 Å². The second kappa shape index (κ2) is 4.69. The van der Waals surface area contributed by atoms with E-state index in [0.29, 0.717) is 0 Å². The van der Waals surface area contributed by atoms with Crippen molar-refractivity contribution in [1.82, 2.24) is 0 Å². The molecule has 0 aromatic heterocycles. The normalized spacial score (nSPS) is 15.7.